The Hall–Kier alpha value is -0.130. The summed E-state index contributed by atoms with van der Waals surface area (Å²) < 4.78 is 32.9. The molecule has 0 unspecified atom stereocenters. The molecular weight excluding hydrogens is 216 g/mol. The van der Waals surface area contributed by atoms with Crippen LogP contribution in [0.15, 0.2) is 0 Å². The second kappa shape index (κ2) is 4.80. The van der Waals surface area contributed by atoms with Gasteiger partial charge in [0.15, 0.2) is 0 Å². The highest BCUT2D eigenvalue weighted by Gasteiger charge is 2.32. The highest BCUT2D eigenvalue weighted by Crippen LogP contribution is 2.26. The molecule has 1 saturated heterocycles. The molecule has 1 aliphatic rings. The Labute approximate surface area is 92.3 Å². The molecule has 1 rings (SSSR count). The fourth-order valence-electron chi connectivity index (χ4n) is 1.64. The van der Waals surface area contributed by atoms with Crippen LogP contribution in [0.4, 0.5) is 0 Å². The Bertz CT molecular complexity index is 271. The minimum atomic E-state index is -3.81. The van der Waals surface area contributed by atoms with Gasteiger partial charge in [-0.15, -0.1) is 0 Å². The van der Waals surface area contributed by atoms with Gasteiger partial charge in [-0.25, -0.2) is 8.37 Å². The largest absolute Gasteiger partial charge is 0.400 e. The van der Waals surface area contributed by atoms with Crippen molar-refractivity contribution in [3.05, 3.63) is 0 Å². The van der Waals surface area contributed by atoms with E-state index in [1.54, 1.807) is 0 Å². The van der Waals surface area contributed by atoms with E-state index in [0.717, 1.165) is 12.8 Å². The molecule has 0 saturated carbocycles. The van der Waals surface area contributed by atoms with E-state index >= 15 is 0 Å². The van der Waals surface area contributed by atoms with E-state index < -0.39 is 10.4 Å². The van der Waals surface area contributed by atoms with Crippen LogP contribution >= 0.6 is 0 Å². The lowest BCUT2D eigenvalue weighted by atomic mass is 9.96. The quantitative estimate of drug-likeness (QED) is 0.737. The molecule has 4 nitrogen and oxygen atoms in total. The molecule has 0 N–H and O–H groups in total. The summed E-state index contributed by atoms with van der Waals surface area (Å²) in [6.45, 7) is 7.82. The predicted molar refractivity (Wildman–Crippen MR) is 57.6 cm³/mol. The first-order valence-corrected chi connectivity index (χ1v) is 6.76. The number of rotatable bonds is 2. The van der Waals surface area contributed by atoms with Crippen molar-refractivity contribution in [2.75, 3.05) is 0 Å². The Balaban J connectivity index is 2.78. The van der Waals surface area contributed by atoms with Crippen LogP contribution < -0.4 is 0 Å². The van der Waals surface area contributed by atoms with Crippen LogP contribution in [0.2, 0.25) is 0 Å². The smallest absolute Gasteiger partial charge is 0.245 e. The van der Waals surface area contributed by atoms with Crippen molar-refractivity contribution in [2.24, 2.45) is 11.8 Å². The van der Waals surface area contributed by atoms with Crippen molar-refractivity contribution in [1.82, 2.24) is 0 Å². The minimum absolute atomic E-state index is 0.189. The van der Waals surface area contributed by atoms with Crippen LogP contribution in [0.1, 0.15) is 40.5 Å². The lowest BCUT2D eigenvalue weighted by Gasteiger charge is -2.16. The van der Waals surface area contributed by atoms with Crippen molar-refractivity contribution in [3.8, 4) is 0 Å². The Kier molecular flexibility index (Phi) is 4.14. The first-order chi connectivity index (χ1) is 6.82. The summed E-state index contributed by atoms with van der Waals surface area (Å²) >= 11 is 0. The molecule has 0 aromatic rings. The van der Waals surface area contributed by atoms with Gasteiger partial charge >= 0.3 is 10.4 Å². The Morgan fingerprint density at radius 3 is 1.53 bits per heavy atom. The van der Waals surface area contributed by atoms with Crippen molar-refractivity contribution in [3.63, 3.8) is 0 Å². The summed E-state index contributed by atoms with van der Waals surface area (Å²) in [5.74, 6) is 0.378. The summed E-state index contributed by atoms with van der Waals surface area (Å²) in [6, 6.07) is 0. The van der Waals surface area contributed by atoms with E-state index in [1.165, 1.54) is 0 Å². The van der Waals surface area contributed by atoms with Crippen LogP contribution in [-0.2, 0) is 18.8 Å². The number of hydrogen-bond acceptors (Lipinski definition) is 4. The van der Waals surface area contributed by atoms with Gasteiger partial charge in [-0.3, -0.25) is 0 Å². The van der Waals surface area contributed by atoms with E-state index in [1.807, 2.05) is 27.7 Å². The lowest BCUT2D eigenvalue weighted by molar-refractivity contribution is 0.124. The molecule has 2 atom stereocenters. The van der Waals surface area contributed by atoms with E-state index in [2.05, 4.69) is 0 Å². The maximum atomic E-state index is 11.5. The monoisotopic (exact) mass is 236 g/mol. The average molecular weight is 236 g/mol. The molecule has 0 bridgehead atoms. The molecule has 1 fully saturated rings. The first-order valence-electron chi connectivity index (χ1n) is 5.43. The van der Waals surface area contributed by atoms with Gasteiger partial charge in [0.05, 0.1) is 12.2 Å². The zero-order chi connectivity index (χ0) is 11.6. The fourth-order valence-corrected chi connectivity index (χ4v) is 2.93. The molecular formula is C10H20O4S. The van der Waals surface area contributed by atoms with Crippen molar-refractivity contribution in [2.45, 2.75) is 52.7 Å². The molecule has 0 aromatic carbocycles. The van der Waals surface area contributed by atoms with Gasteiger partial charge in [0, 0.05) is 0 Å². The molecule has 0 amide bonds. The highest BCUT2D eigenvalue weighted by molar-refractivity contribution is 7.81. The van der Waals surface area contributed by atoms with Gasteiger partial charge in [0.25, 0.3) is 0 Å². The third-order valence-electron chi connectivity index (χ3n) is 2.71. The molecule has 0 radical (unpaired) electrons. The van der Waals surface area contributed by atoms with Crippen molar-refractivity contribution in [1.29, 1.82) is 0 Å². The van der Waals surface area contributed by atoms with Crippen LogP contribution in [0.25, 0.3) is 0 Å². The van der Waals surface area contributed by atoms with Crippen LogP contribution in [0, 0.1) is 11.8 Å². The zero-order valence-corrected chi connectivity index (χ0v) is 10.6. The lowest BCUT2D eigenvalue weighted by Crippen LogP contribution is -2.23. The summed E-state index contributed by atoms with van der Waals surface area (Å²) in [7, 11) is -3.81. The second-order valence-corrected chi connectivity index (χ2v) is 5.94. The summed E-state index contributed by atoms with van der Waals surface area (Å²) in [5.41, 5.74) is 0. The minimum Gasteiger partial charge on any atom is -0.245 e. The topological polar surface area (TPSA) is 52.6 Å². The van der Waals surface area contributed by atoms with Crippen LogP contribution in [-0.4, -0.2) is 20.6 Å². The molecule has 1 heterocycles. The summed E-state index contributed by atoms with van der Waals surface area (Å²) in [5, 5.41) is 0. The van der Waals surface area contributed by atoms with E-state index in [4.69, 9.17) is 8.37 Å². The second-order valence-electron chi connectivity index (χ2n) is 4.74. The maximum absolute atomic E-state index is 11.5. The van der Waals surface area contributed by atoms with Crippen LogP contribution in [0.3, 0.4) is 0 Å². The van der Waals surface area contributed by atoms with Gasteiger partial charge in [0.1, 0.15) is 0 Å². The molecule has 0 aromatic heterocycles. The van der Waals surface area contributed by atoms with E-state index in [-0.39, 0.29) is 24.0 Å². The molecule has 1 aliphatic heterocycles. The van der Waals surface area contributed by atoms with Crippen LogP contribution in [0.5, 0.6) is 0 Å². The summed E-state index contributed by atoms with van der Waals surface area (Å²) in [6.07, 6.45) is 0.969. The van der Waals surface area contributed by atoms with Gasteiger partial charge in [-0.05, 0) is 24.7 Å². The van der Waals surface area contributed by atoms with Gasteiger partial charge in [-0.1, -0.05) is 27.7 Å². The first kappa shape index (κ1) is 12.9. The molecule has 0 aliphatic carbocycles. The summed E-state index contributed by atoms with van der Waals surface area (Å²) in [4.78, 5) is 0. The molecule has 15 heavy (non-hydrogen) atoms. The van der Waals surface area contributed by atoms with Crippen molar-refractivity contribution >= 4 is 10.4 Å². The van der Waals surface area contributed by atoms with Gasteiger partial charge in [-0.2, -0.15) is 8.42 Å². The Morgan fingerprint density at radius 2 is 1.27 bits per heavy atom. The predicted octanol–water partition coefficient (Wildman–Crippen LogP) is 2.11. The van der Waals surface area contributed by atoms with Gasteiger partial charge < -0.3 is 0 Å². The fraction of sp³-hybridized carbons (Fsp3) is 1.00. The Morgan fingerprint density at radius 1 is 0.933 bits per heavy atom. The molecule has 5 heteroatoms. The standard InChI is InChI=1S/C10H20O4S/c1-7(2)9-5-6-10(8(3)4)14-15(11,12)13-9/h7-10H,5-6H2,1-4H3/t9-,10-/m1/s1. The third-order valence-corrected chi connectivity index (χ3v) is 3.67. The van der Waals surface area contributed by atoms with E-state index in [9.17, 15) is 8.42 Å². The third kappa shape index (κ3) is 3.74. The number of hydrogen-bond donors (Lipinski definition) is 0. The molecule has 0 spiro atoms. The average Bonchev–Trinajstić information content (AvgIpc) is 2.23. The highest BCUT2D eigenvalue weighted by atomic mass is 32.3. The zero-order valence-electron chi connectivity index (χ0n) is 9.76. The van der Waals surface area contributed by atoms with Crippen molar-refractivity contribution < 1.29 is 16.8 Å². The van der Waals surface area contributed by atoms with E-state index in [0.29, 0.717) is 0 Å². The van der Waals surface area contributed by atoms with Gasteiger partial charge in [0.2, 0.25) is 0 Å². The maximum Gasteiger partial charge on any atom is 0.400 e. The SMILES string of the molecule is CC(C)[C@H]1CC[C@H](C(C)C)OS(=O)(=O)O1. The normalized spacial score (nSPS) is 31.9. The molecule has 90 valence electrons.